The van der Waals surface area contributed by atoms with Gasteiger partial charge < -0.3 is 20.4 Å². The van der Waals surface area contributed by atoms with E-state index in [1.165, 1.54) is 0 Å². The Bertz CT molecular complexity index is 983. The summed E-state index contributed by atoms with van der Waals surface area (Å²) < 4.78 is 0. The van der Waals surface area contributed by atoms with Gasteiger partial charge >= 0.3 is 5.97 Å². The molecule has 196 valence electrons. The molecule has 0 aliphatic heterocycles. The summed E-state index contributed by atoms with van der Waals surface area (Å²) in [6.45, 7) is 15.2. The number of allylic oxidation sites excluding steroid dienone is 1. The van der Waals surface area contributed by atoms with E-state index in [0.717, 1.165) is 43.3 Å². The van der Waals surface area contributed by atoms with Crippen LogP contribution in [0.1, 0.15) is 92.4 Å². The standard InChI is InChI=1S/C30H46O5/c1-18-9-14-30(24(33)34)16-15-27(4)19(23(30)29(18,6)35)7-8-21-25(2)12-11-22(32)26(3,17-31)20(25)10-13-28(21,27)5/h7,20-23,31-32,35H,1,8-17H2,2-6H3,(H,33,34)/t20-,21-,22-,23-,25+,26-,27-,28-,29-,30+/m1/s1. The maximum atomic E-state index is 12.8. The summed E-state index contributed by atoms with van der Waals surface area (Å²) in [6, 6.07) is 0. The van der Waals surface area contributed by atoms with Gasteiger partial charge in [0.2, 0.25) is 0 Å². The molecule has 10 atom stereocenters. The predicted octanol–water partition coefficient (Wildman–Crippen LogP) is 5.10. The van der Waals surface area contributed by atoms with Gasteiger partial charge in [-0.3, -0.25) is 4.79 Å². The molecule has 0 aromatic carbocycles. The van der Waals surface area contributed by atoms with E-state index in [0.29, 0.717) is 31.6 Å². The summed E-state index contributed by atoms with van der Waals surface area (Å²) in [5.74, 6) is -0.595. The lowest BCUT2D eigenvalue weighted by Gasteiger charge is -2.71. The quantitative estimate of drug-likeness (QED) is 0.407. The Morgan fingerprint density at radius 3 is 2.34 bits per heavy atom. The average Bonchev–Trinajstić information content (AvgIpc) is 2.79. The first-order valence-corrected chi connectivity index (χ1v) is 13.8. The molecule has 0 aromatic heterocycles. The zero-order chi connectivity index (χ0) is 25.8. The first kappa shape index (κ1) is 25.5. The second kappa shape index (κ2) is 7.45. The molecule has 4 saturated carbocycles. The molecule has 5 aliphatic rings. The fourth-order valence-electron chi connectivity index (χ4n) is 10.6. The van der Waals surface area contributed by atoms with E-state index in [4.69, 9.17) is 0 Å². The Kier molecular flexibility index (Phi) is 5.42. The zero-order valence-electron chi connectivity index (χ0n) is 22.4. The summed E-state index contributed by atoms with van der Waals surface area (Å²) >= 11 is 0. The lowest BCUT2D eigenvalue weighted by Crippen LogP contribution is -2.67. The van der Waals surface area contributed by atoms with Crippen molar-refractivity contribution in [3.05, 3.63) is 23.8 Å². The topological polar surface area (TPSA) is 98.0 Å². The maximum Gasteiger partial charge on any atom is 0.310 e. The Morgan fingerprint density at radius 1 is 1.03 bits per heavy atom. The molecule has 5 aliphatic carbocycles. The molecular weight excluding hydrogens is 440 g/mol. The molecule has 0 bridgehead atoms. The second-order valence-electron chi connectivity index (χ2n) is 14.2. The highest BCUT2D eigenvalue weighted by molar-refractivity contribution is 5.77. The SMILES string of the molecule is C=C1CC[C@]2(C(=O)O)CC[C@]3(C)C(=CC[C@@H]4[C@@]5(C)CC[C@@H](O)[C@](C)(CO)[C@@H]5CC[C@]43C)[C@@H]2[C@]1(C)O. The molecule has 0 amide bonds. The number of carboxylic acids is 1. The van der Waals surface area contributed by atoms with E-state index in [-0.39, 0.29) is 28.8 Å². The number of carboxylic acid groups (broad SMARTS) is 1. The summed E-state index contributed by atoms with van der Waals surface area (Å²) in [4.78, 5) is 12.8. The molecule has 35 heavy (non-hydrogen) atoms. The Hall–Kier alpha value is -1.17. The molecule has 4 fully saturated rings. The Morgan fingerprint density at radius 2 is 1.71 bits per heavy atom. The van der Waals surface area contributed by atoms with Gasteiger partial charge in [0.15, 0.2) is 0 Å². The highest BCUT2D eigenvalue weighted by atomic mass is 16.4. The van der Waals surface area contributed by atoms with Crippen molar-refractivity contribution in [2.75, 3.05) is 6.61 Å². The van der Waals surface area contributed by atoms with Gasteiger partial charge in [0.25, 0.3) is 0 Å². The van der Waals surface area contributed by atoms with Crippen LogP contribution in [0.3, 0.4) is 0 Å². The summed E-state index contributed by atoms with van der Waals surface area (Å²) in [5, 5.41) is 43.6. The maximum absolute atomic E-state index is 12.8. The van der Waals surface area contributed by atoms with Gasteiger partial charge in [-0.2, -0.15) is 0 Å². The molecule has 4 N–H and O–H groups in total. The average molecular weight is 487 g/mol. The summed E-state index contributed by atoms with van der Waals surface area (Å²) in [7, 11) is 0. The lowest BCUT2D eigenvalue weighted by molar-refractivity contribution is -0.219. The summed E-state index contributed by atoms with van der Waals surface area (Å²) in [5.41, 5.74) is -1.01. The van der Waals surface area contributed by atoms with Crippen LogP contribution in [0.15, 0.2) is 23.8 Å². The molecule has 0 heterocycles. The van der Waals surface area contributed by atoms with Crippen molar-refractivity contribution in [3.63, 3.8) is 0 Å². The number of carbonyl (C=O) groups is 1. The number of rotatable bonds is 2. The normalized spacial score (nSPS) is 55.7. The molecular formula is C30H46O5. The molecule has 0 aromatic rings. The number of fused-ring (bicyclic) bond motifs is 7. The van der Waals surface area contributed by atoms with Gasteiger partial charge in [-0.15, -0.1) is 0 Å². The third-order valence-corrected chi connectivity index (χ3v) is 13.2. The molecule has 0 radical (unpaired) electrons. The lowest BCUT2D eigenvalue weighted by atomic mass is 9.33. The first-order valence-electron chi connectivity index (χ1n) is 13.8. The monoisotopic (exact) mass is 486 g/mol. The van der Waals surface area contributed by atoms with Crippen molar-refractivity contribution < 1.29 is 25.2 Å². The Labute approximate surface area is 210 Å². The van der Waals surface area contributed by atoms with E-state index in [1.54, 1.807) is 6.92 Å². The van der Waals surface area contributed by atoms with Crippen molar-refractivity contribution in [1.29, 1.82) is 0 Å². The fraction of sp³-hybridized carbons (Fsp3) is 0.833. The van der Waals surface area contributed by atoms with Crippen LogP contribution in [-0.2, 0) is 4.79 Å². The number of aliphatic hydroxyl groups is 3. The number of aliphatic carboxylic acids is 1. The predicted molar refractivity (Wildman–Crippen MR) is 135 cm³/mol. The van der Waals surface area contributed by atoms with Gasteiger partial charge in [-0.05, 0) is 98.4 Å². The van der Waals surface area contributed by atoms with E-state index in [2.05, 4.69) is 40.3 Å². The largest absolute Gasteiger partial charge is 0.481 e. The van der Waals surface area contributed by atoms with Gasteiger partial charge in [-0.25, -0.2) is 0 Å². The molecule has 0 unspecified atom stereocenters. The highest BCUT2D eigenvalue weighted by Crippen LogP contribution is 2.76. The van der Waals surface area contributed by atoms with Crippen molar-refractivity contribution in [1.82, 2.24) is 0 Å². The zero-order valence-corrected chi connectivity index (χ0v) is 22.4. The number of hydrogen-bond acceptors (Lipinski definition) is 4. The van der Waals surface area contributed by atoms with Gasteiger partial charge in [0.1, 0.15) is 0 Å². The fourth-order valence-corrected chi connectivity index (χ4v) is 10.6. The third-order valence-electron chi connectivity index (χ3n) is 13.2. The minimum Gasteiger partial charge on any atom is -0.481 e. The molecule has 5 heteroatoms. The van der Waals surface area contributed by atoms with Crippen molar-refractivity contribution >= 4 is 5.97 Å². The van der Waals surface area contributed by atoms with E-state index >= 15 is 0 Å². The minimum atomic E-state index is -1.24. The number of aliphatic hydroxyl groups excluding tert-OH is 2. The van der Waals surface area contributed by atoms with Crippen LogP contribution >= 0.6 is 0 Å². The minimum absolute atomic E-state index is 0.00436. The van der Waals surface area contributed by atoms with E-state index < -0.39 is 34.4 Å². The van der Waals surface area contributed by atoms with Crippen molar-refractivity contribution in [2.24, 2.45) is 44.8 Å². The second-order valence-corrected chi connectivity index (χ2v) is 14.2. The molecule has 0 saturated heterocycles. The van der Waals surface area contributed by atoms with Crippen molar-refractivity contribution in [2.45, 2.75) is 104 Å². The molecule has 5 nitrogen and oxygen atoms in total. The number of hydrogen-bond donors (Lipinski definition) is 4. The van der Waals surface area contributed by atoms with Crippen LogP contribution in [-0.4, -0.2) is 44.7 Å². The van der Waals surface area contributed by atoms with Gasteiger partial charge in [0, 0.05) is 11.3 Å². The Balaban J connectivity index is 1.64. The van der Waals surface area contributed by atoms with E-state index in [1.807, 2.05) is 0 Å². The third kappa shape index (κ3) is 2.84. The van der Waals surface area contributed by atoms with E-state index in [9.17, 15) is 25.2 Å². The van der Waals surface area contributed by atoms with Crippen LogP contribution in [0.2, 0.25) is 0 Å². The first-order chi connectivity index (χ1) is 16.1. The van der Waals surface area contributed by atoms with Crippen molar-refractivity contribution in [3.8, 4) is 0 Å². The molecule has 0 spiro atoms. The van der Waals surface area contributed by atoms with Crippen LogP contribution < -0.4 is 0 Å². The highest BCUT2D eigenvalue weighted by Gasteiger charge is 2.71. The smallest absolute Gasteiger partial charge is 0.310 e. The van der Waals surface area contributed by atoms with Crippen LogP contribution in [0, 0.1) is 44.8 Å². The van der Waals surface area contributed by atoms with Gasteiger partial charge in [-0.1, -0.05) is 45.9 Å². The van der Waals surface area contributed by atoms with Crippen LogP contribution in [0.5, 0.6) is 0 Å². The van der Waals surface area contributed by atoms with Crippen LogP contribution in [0.25, 0.3) is 0 Å². The summed E-state index contributed by atoms with van der Waals surface area (Å²) in [6.07, 6.45) is 8.81. The van der Waals surface area contributed by atoms with Crippen LogP contribution in [0.4, 0.5) is 0 Å². The van der Waals surface area contributed by atoms with Gasteiger partial charge in [0.05, 0.1) is 23.7 Å². The molecule has 5 rings (SSSR count).